The molecular weight excluding hydrogens is 238 g/mol. The van der Waals surface area contributed by atoms with Gasteiger partial charge in [-0.05, 0) is 18.6 Å². The van der Waals surface area contributed by atoms with Crippen LogP contribution in [0, 0.1) is 6.92 Å². The van der Waals surface area contributed by atoms with Crippen molar-refractivity contribution in [2.24, 2.45) is 0 Å². The molecule has 0 saturated carbocycles. The van der Waals surface area contributed by atoms with E-state index in [1.807, 2.05) is 18.3 Å². The molecule has 1 aromatic carbocycles. The first kappa shape index (κ1) is 12.1. The van der Waals surface area contributed by atoms with E-state index < -0.39 is 0 Å². The van der Waals surface area contributed by atoms with Crippen LogP contribution in [0.4, 0.5) is 5.69 Å². The Morgan fingerprint density at radius 1 is 1.16 bits per heavy atom. The maximum Gasteiger partial charge on any atom is 0.0952 e. The Balaban J connectivity index is 1.93. The number of hydrogen-bond donors (Lipinski definition) is 0. The highest BCUT2D eigenvalue weighted by atomic mass is 16.5. The van der Waals surface area contributed by atoms with Gasteiger partial charge < -0.3 is 9.64 Å². The number of anilines is 1. The molecule has 19 heavy (non-hydrogen) atoms. The van der Waals surface area contributed by atoms with Crippen LogP contribution in [-0.4, -0.2) is 36.5 Å². The first-order valence-electron chi connectivity index (χ1n) is 6.56. The number of aryl methyl sites for hydroxylation is 1. The van der Waals surface area contributed by atoms with Gasteiger partial charge >= 0.3 is 0 Å². The third kappa shape index (κ3) is 2.58. The largest absolute Gasteiger partial charge is 0.378 e. The van der Waals surface area contributed by atoms with Crippen LogP contribution in [0.25, 0.3) is 11.3 Å². The molecule has 3 rings (SSSR count). The number of benzene rings is 1. The smallest absolute Gasteiger partial charge is 0.0952 e. The lowest BCUT2D eigenvalue weighted by molar-refractivity contribution is 0.122. The zero-order chi connectivity index (χ0) is 13.1. The van der Waals surface area contributed by atoms with Crippen LogP contribution < -0.4 is 4.90 Å². The van der Waals surface area contributed by atoms with Crippen molar-refractivity contribution in [3.8, 4) is 11.3 Å². The van der Waals surface area contributed by atoms with Gasteiger partial charge in [-0.15, -0.1) is 0 Å². The summed E-state index contributed by atoms with van der Waals surface area (Å²) < 4.78 is 5.38. The predicted octanol–water partition coefficient (Wildman–Crippen LogP) is 2.29. The summed E-state index contributed by atoms with van der Waals surface area (Å²) in [7, 11) is 0. The second-order valence-corrected chi connectivity index (χ2v) is 4.71. The molecule has 0 unspecified atom stereocenters. The molecule has 1 aliphatic heterocycles. The second kappa shape index (κ2) is 5.36. The van der Waals surface area contributed by atoms with Gasteiger partial charge in [-0.1, -0.05) is 24.3 Å². The first-order chi connectivity index (χ1) is 9.34. The number of morpholine rings is 1. The van der Waals surface area contributed by atoms with Crippen molar-refractivity contribution in [3.05, 3.63) is 42.1 Å². The van der Waals surface area contributed by atoms with E-state index in [0.29, 0.717) is 0 Å². The highest BCUT2D eigenvalue weighted by Gasteiger charge is 2.13. The highest BCUT2D eigenvalue weighted by molar-refractivity contribution is 5.66. The summed E-state index contributed by atoms with van der Waals surface area (Å²) in [5.41, 5.74) is 4.42. The maximum absolute atomic E-state index is 5.38. The molecule has 4 heteroatoms. The fourth-order valence-corrected chi connectivity index (χ4v) is 2.34. The molecule has 1 aromatic heterocycles. The summed E-state index contributed by atoms with van der Waals surface area (Å²) in [6.45, 7) is 5.49. The van der Waals surface area contributed by atoms with Gasteiger partial charge in [0.2, 0.25) is 0 Å². The molecule has 98 valence electrons. The summed E-state index contributed by atoms with van der Waals surface area (Å²) in [4.78, 5) is 2.29. The molecule has 0 aliphatic carbocycles. The van der Waals surface area contributed by atoms with Gasteiger partial charge in [0.05, 0.1) is 30.8 Å². The standard InChI is InChI=1S/C15H17N3O/c1-12-4-2-3-5-14(12)15-10-13(11-16-17-15)18-6-8-19-9-7-18/h2-5,10-11H,6-9H2,1H3. The minimum atomic E-state index is 0.780. The van der Waals surface area contributed by atoms with Crippen LogP contribution in [0.15, 0.2) is 36.5 Å². The third-order valence-electron chi connectivity index (χ3n) is 3.44. The molecule has 2 heterocycles. The first-order valence-corrected chi connectivity index (χ1v) is 6.56. The Hall–Kier alpha value is -1.94. The number of aromatic nitrogens is 2. The van der Waals surface area contributed by atoms with E-state index in [1.165, 1.54) is 5.56 Å². The van der Waals surface area contributed by atoms with Crippen LogP contribution in [0.1, 0.15) is 5.56 Å². The van der Waals surface area contributed by atoms with Gasteiger partial charge in [0.15, 0.2) is 0 Å². The summed E-state index contributed by atoms with van der Waals surface area (Å²) in [5, 5.41) is 8.40. The Bertz CT molecular complexity index is 565. The maximum atomic E-state index is 5.38. The normalized spacial score (nSPS) is 15.5. The summed E-state index contributed by atoms with van der Waals surface area (Å²) in [5.74, 6) is 0. The van der Waals surface area contributed by atoms with Gasteiger partial charge in [-0.3, -0.25) is 0 Å². The van der Waals surface area contributed by atoms with Gasteiger partial charge in [-0.25, -0.2) is 0 Å². The van der Waals surface area contributed by atoms with Crippen molar-refractivity contribution in [2.45, 2.75) is 6.92 Å². The molecule has 0 atom stereocenters. The molecule has 1 aliphatic rings. The van der Waals surface area contributed by atoms with Gasteiger partial charge in [0.25, 0.3) is 0 Å². The number of hydrogen-bond acceptors (Lipinski definition) is 4. The lowest BCUT2D eigenvalue weighted by Crippen LogP contribution is -2.36. The molecule has 1 fully saturated rings. The zero-order valence-electron chi connectivity index (χ0n) is 11.0. The van der Waals surface area contributed by atoms with E-state index in [9.17, 15) is 0 Å². The molecule has 0 bridgehead atoms. The summed E-state index contributed by atoms with van der Waals surface area (Å²) in [6, 6.07) is 10.4. The molecule has 0 amide bonds. The SMILES string of the molecule is Cc1ccccc1-c1cc(N2CCOCC2)cnn1. The molecule has 0 radical (unpaired) electrons. The van der Waals surface area contributed by atoms with Crippen molar-refractivity contribution < 1.29 is 4.74 Å². The summed E-state index contributed by atoms with van der Waals surface area (Å²) >= 11 is 0. The van der Waals surface area contributed by atoms with Crippen molar-refractivity contribution >= 4 is 5.69 Å². The quantitative estimate of drug-likeness (QED) is 0.825. The van der Waals surface area contributed by atoms with E-state index in [2.05, 4.69) is 40.2 Å². The lowest BCUT2D eigenvalue weighted by atomic mass is 10.1. The minimum Gasteiger partial charge on any atom is -0.378 e. The third-order valence-corrected chi connectivity index (χ3v) is 3.44. The Kier molecular flexibility index (Phi) is 3.42. The van der Waals surface area contributed by atoms with Crippen LogP contribution in [0.3, 0.4) is 0 Å². The van der Waals surface area contributed by atoms with E-state index in [0.717, 1.165) is 43.2 Å². The van der Waals surface area contributed by atoms with Crippen molar-refractivity contribution in [3.63, 3.8) is 0 Å². The molecule has 2 aromatic rings. The highest BCUT2D eigenvalue weighted by Crippen LogP contribution is 2.24. The Labute approximate surface area is 113 Å². The Morgan fingerprint density at radius 3 is 2.74 bits per heavy atom. The molecule has 0 N–H and O–H groups in total. The minimum absolute atomic E-state index is 0.780. The summed E-state index contributed by atoms with van der Waals surface area (Å²) in [6.07, 6.45) is 1.83. The zero-order valence-corrected chi connectivity index (χ0v) is 11.0. The number of ether oxygens (including phenoxy) is 1. The number of rotatable bonds is 2. The number of nitrogens with zero attached hydrogens (tertiary/aromatic N) is 3. The molecule has 0 spiro atoms. The van der Waals surface area contributed by atoms with E-state index in [4.69, 9.17) is 4.74 Å². The fraction of sp³-hybridized carbons (Fsp3) is 0.333. The fourth-order valence-electron chi connectivity index (χ4n) is 2.34. The molecule has 4 nitrogen and oxygen atoms in total. The van der Waals surface area contributed by atoms with Crippen molar-refractivity contribution in [2.75, 3.05) is 31.2 Å². The van der Waals surface area contributed by atoms with Gasteiger partial charge in [-0.2, -0.15) is 10.2 Å². The van der Waals surface area contributed by atoms with E-state index in [1.54, 1.807) is 0 Å². The molecular formula is C15H17N3O. The molecule has 1 saturated heterocycles. The predicted molar refractivity (Wildman–Crippen MR) is 75.2 cm³/mol. The van der Waals surface area contributed by atoms with Gasteiger partial charge in [0, 0.05) is 18.7 Å². The van der Waals surface area contributed by atoms with Crippen molar-refractivity contribution in [1.29, 1.82) is 0 Å². The van der Waals surface area contributed by atoms with E-state index >= 15 is 0 Å². The average Bonchev–Trinajstić information content (AvgIpc) is 2.49. The van der Waals surface area contributed by atoms with Crippen LogP contribution in [0.5, 0.6) is 0 Å². The van der Waals surface area contributed by atoms with Gasteiger partial charge in [0.1, 0.15) is 0 Å². The monoisotopic (exact) mass is 255 g/mol. The van der Waals surface area contributed by atoms with Crippen LogP contribution >= 0.6 is 0 Å². The lowest BCUT2D eigenvalue weighted by Gasteiger charge is -2.28. The Morgan fingerprint density at radius 2 is 1.95 bits per heavy atom. The second-order valence-electron chi connectivity index (χ2n) is 4.71. The van der Waals surface area contributed by atoms with Crippen LogP contribution in [-0.2, 0) is 4.74 Å². The van der Waals surface area contributed by atoms with Crippen molar-refractivity contribution in [1.82, 2.24) is 10.2 Å². The average molecular weight is 255 g/mol. The topological polar surface area (TPSA) is 38.2 Å². The van der Waals surface area contributed by atoms with E-state index in [-0.39, 0.29) is 0 Å². The van der Waals surface area contributed by atoms with Crippen LogP contribution in [0.2, 0.25) is 0 Å².